The first-order valence-electron chi connectivity index (χ1n) is 9.80. The molecule has 25 heavy (non-hydrogen) atoms. The minimum atomic E-state index is -0.837. The van der Waals surface area contributed by atoms with E-state index in [1.165, 1.54) is 44.9 Å². The molecule has 0 aliphatic rings. The lowest BCUT2D eigenvalue weighted by Gasteiger charge is -2.23. The van der Waals surface area contributed by atoms with E-state index in [0.717, 1.165) is 24.9 Å². The van der Waals surface area contributed by atoms with Crippen LogP contribution in [0.3, 0.4) is 0 Å². The number of benzene rings is 1. The zero-order valence-electron chi connectivity index (χ0n) is 15.7. The first-order valence-corrected chi connectivity index (χ1v) is 9.80. The van der Waals surface area contributed by atoms with Crippen LogP contribution in [0.1, 0.15) is 76.4 Å². The summed E-state index contributed by atoms with van der Waals surface area (Å²) in [6, 6.07) is 9.44. The molecule has 0 aliphatic heterocycles. The van der Waals surface area contributed by atoms with E-state index in [1.807, 2.05) is 35.2 Å². The number of aliphatic hydroxyl groups is 1. The zero-order chi connectivity index (χ0) is 18.3. The Kier molecular flexibility index (Phi) is 12.0. The number of hydrogen-bond donors (Lipinski definition) is 2. The quantitative estimate of drug-likeness (QED) is 0.453. The number of carbonyl (C=O) groups is 1. The maximum atomic E-state index is 11.1. The molecule has 0 heterocycles. The topological polar surface area (TPSA) is 60.8 Å². The SMILES string of the molecule is CCCCCCCCCCCN(CC(=O)O)C[C@H](O)c1ccccc1. The van der Waals surface area contributed by atoms with Crippen LogP contribution in [0.4, 0.5) is 0 Å². The van der Waals surface area contributed by atoms with Crippen molar-refractivity contribution in [2.24, 2.45) is 0 Å². The van der Waals surface area contributed by atoms with Gasteiger partial charge < -0.3 is 10.2 Å². The van der Waals surface area contributed by atoms with Gasteiger partial charge in [0.1, 0.15) is 0 Å². The number of aliphatic carboxylic acids is 1. The van der Waals surface area contributed by atoms with Gasteiger partial charge in [0.25, 0.3) is 0 Å². The monoisotopic (exact) mass is 349 g/mol. The van der Waals surface area contributed by atoms with Crippen molar-refractivity contribution in [3.63, 3.8) is 0 Å². The van der Waals surface area contributed by atoms with E-state index in [1.54, 1.807) is 0 Å². The molecule has 4 nitrogen and oxygen atoms in total. The number of nitrogens with zero attached hydrogens (tertiary/aromatic N) is 1. The summed E-state index contributed by atoms with van der Waals surface area (Å²) >= 11 is 0. The van der Waals surface area contributed by atoms with Crippen LogP contribution in [0.2, 0.25) is 0 Å². The standard InChI is InChI=1S/C21H35NO3/c1-2-3-4-5-6-7-8-9-13-16-22(18-21(24)25)17-20(23)19-14-11-10-12-15-19/h10-12,14-15,20,23H,2-9,13,16-18H2,1H3,(H,24,25)/t20-/m0/s1. The van der Waals surface area contributed by atoms with Crippen LogP contribution in [0.25, 0.3) is 0 Å². The van der Waals surface area contributed by atoms with Crippen molar-refractivity contribution in [2.75, 3.05) is 19.6 Å². The van der Waals surface area contributed by atoms with Gasteiger partial charge in [0, 0.05) is 6.54 Å². The van der Waals surface area contributed by atoms with Crippen molar-refractivity contribution < 1.29 is 15.0 Å². The van der Waals surface area contributed by atoms with Gasteiger partial charge in [0.15, 0.2) is 0 Å². The van der Waals surface area contributed by atoms with Crippen molar-refractivity contribution in [1.29, 1.82) is 0 Å². The summed E-state index contributed by atoms with van der Waals surface area (Å²) in [6.07, 6.45) is 10.6. The van der Waals surface area contributed by atoms with Gasteiger partial charge in [-0.15, -0.1) is 0 Å². The van der Waals surface area contributed by atoms with Crippen molar-refractivity contribution in [2.45, 2.75) is 70.8 Å². The third-order valence-electron chi connectivity index (χ3n) is 4.55. The van der Waals surface area contributed by atoms with Crippen molar-refractivity contribution in [3.05, 3.63) is 35.9 Å². The normalized spacial score (nSPS) is 12.4. The molecule has 0 saturated heterocycles. The second kappa shape index (κ2) is 13.9. The number of carboxylic acid groups (broad SMARTS) is 1. The molecule has 0 bridgehead atoms. The Hall–Kier alpha value is -1.39. The van der Waals surface area contributed by atoms with Crippen LogP contribution in [0.15, 0.2) is 30.3 Å². The van der Waals surface area contributed by atoms with Crippen LogP contribution in [-0.4, -0.2) is 40.7 Å². The highest BCUT2D eigenvalue weighted by atomic mass is 16.4. The van der Waals surface area contributed by atoms with Gasteiger partial charge in [0.2, 0.25) is 0 Å². The maximum Gasteiger partial charge on any atom is 0.317 e. The smallest absolute Gasteiger partial charge is 0.317 e. The van der Waals surface area contributed by atoms with E-state index in [0.29, 0.717) is 6.54 Å². The van der Waals surface area contributed by atoms with Gasteiger partial charge in [0.05, 0.1) is 12.6 Å². The minimum absolute atomic E-state index is 0.0130. The molecule has 1 aromatic rings. The Morgan fingerprint density at radius 1 is 0.960 bits per heavy atom. The van der Waals surface area contributed by atoms with E-state index >= 15 is 0 Å². The summed E-state index contributed by atoms with van der Waals surface area (Å²) in [4.78, 5) is 12.9. The maximum absolute atomic E-state index is 11.1. The zero-order valence-corrected chi connectivity index (χ0v) is 15.7. The van der Waals surface area contributed by atoms with Crippen molar-refractivity contribution in [1.82, 2.24) is 4.90 Å². The molecular formula is C21H35NO3. The third kappa shape index (κ3) is 11.0. The van der Waals surface area contributed by atoms with Crippen molar-refractivity contribution >= 4 is 5.97 Å². The summed E-state index contributed by atoms with van der Waals surface area (Å²) in [5, 5.41) is 19.4. The lowest BCUT2D eigenvalue weighted by atomic mass is 10.1. The van der Waals surface area contributed by atoms with Gasteiger partial charge in [-0.2, -0.15) is 0 Å². The molecule has 0 amide bonds. The van der Waals surface area contributed by atoms with E-state index in [-0.39, 0.29) is 6.54 Å². The van der Waals surface area contributed by atoms with Crippen LogP contribution in [-0.2, 0) is 4.79 Å². The largest absolute Gasteiger partial charge is 0.480 e. The first-order chi connectivity index (χ1) is 12.1. The molecule has 0 aromatic heterocycles. The highest BCUT2D eigenvalue weighted by Crippen LogP contribution is 2.15. The molecule has 0 unspecified atom stereocenters. The van der Waals surface area contributed by atoms with Gasteiger partial charge in [-0.25, -0.2) is 0 Å². The van der Waals surface area contributed by atoms with Crippen molar-refractivity contribution in [3.8, 4) is 0 Å². The van der Waals surface area contributed by atoms with Gasteiger partial charge in [-0.3, -0.25) is 9.69 Å². The molecular weight excluding hydrogens is 314 g/mol. The summed E-state index contributed by atoms with van der Waals surface area (Å²) in [6.45, 7) is 3.32. The molecule has 2 N–H and O–H groups in total. The van der Waals surface area contributed by atoms with E-state index in [4.69, 9.17) is 5.11 Å². The highest BCUT2D eigenvalue weighted by molar-refractivity contribution is 5.69. The average molecular weight is 350 g/mol. The molecule has 0 fully saturated rings. The van der Waals surface area contributed by atoms with E-state index in [9.17, 15) is 9.90 Å². The molecule has 1 aromatic carbocycles. The Morgan fingerprint density at radius 3 is 2.08 bits per heavy atom. The summed E-state index contributed by atoms with van der Waals surface area (Å²) < 4.78 is 0. The molecule has 142 valence electrons. The molecule has 4 heteroatoms. The predicted octanol–water partition coefficient (Wildman–Crippen LogP) is 4.64. The number of hydrogen-bond acceptors (Lipinski definition) is 3. The van der Waals surface area contributed by atoms with Gasteiger partial charge in [-0.1, -0.05) is 88.6 Å². The molecule has 0 radical (unpaired) electrons. The minimum Gasteiger partial charge on any atom is -0.480 e. The van der Waals surface area contributed by atoms with Crippen LogP contribution in [0.5, 0.6) is 0 Å². The second-order valence-electron chi connectivity index (χ2n) is 6.88. The molecule has 0 saturated carbocycles. The lowest BCUT2D eigenvalue weighted by molar-refractivity contribution is -0.138. The predicted molar refractivity (Wildman–Crippen MR) is 103 cm³/mol. The summed E-state index contributed by atoms with van der Waals surface area (Å²) in [7, 11) is 0. The third-order valence-corrected chi connectivity index (χ3v) is 4.55. The molecule has 1 rings (SSSR count). The number of carboxylic acids is 1. The Balaban J connectivity index is 2.23. The van der Waals surface area contributed by atoms with Crippen LogP contribution in [0, 0.1) is 0 Å². The fourth-order valence-corrected chi connectivity index (χ4v) is 3.10. The Bertz CT molecular complexity index is 450. The molecule has 0 spiro atoms. The summed E-state index contributed by atoms with van der Waals surface area (Å²) in [5.74, 6) is -0.837. The fraction of sp³-hybridized carbons (Fsp3) is 0.667. The average Bonchev–Trinajstić information content (AvgIpc) is 2.60. The second-order valence-corrected chi connectivity index (χ2v) is 6.88. The molecule has 0 aliphatic carbocycles. The Morgan fingerprint density at radius 2 is 1.52 bits per heavy atom. The van der Waals surface area contributed by atoms with Gasteiger partial charge >= 0.3 is 5.97 Å². The highest BCUT2D eigenvalue weighted by Gasteiger charge is 2.15. The summed E-state index contributed by atoms with van der Waals surface area (Å²) in [5.41, 5.74) is 0.838. The number of unbranched alkanes of at least 4 members (excludes halogenated alkanes) is 8. The molecule has 1 atom stereocenters. The lowest BCUT2D eigenvalue weighted by Crippen LogP contribution is -2.34. The van der Waals surface area contributed by atoms with E-state index in [2.05, 4.69) is 6.92 Å². The fourth-order valence-electron chi connectivity index (χ4n) is 3.10. The van der Waals surface area contributed by atoms with Crippen LogP contribution >= 0.6 is 0 Å². The van der Waals surface area contributed by atoms with Gasteiger partial charge in [-0.05, 0) is 18.5 Å². The van der Waals surface area contributed by atoms with E-state index < -0.39 is 12.1 Å². The first kappa shape index (κ1) is 21.7. The number of rotatable bonds is 15. The van der Waals surface area contributed by atoms with Crippen LogP contribution < -0.4 is 0 Å². The number of aliphatic hydroxyl groups excluding tert-OH is 1. The Labute approximate surface area is 152 Å².